The maximum atomic E-state index is 12.3. The molecule has 1 fully saturated rings. The number of carbonyl (C=O) groups is 1. The van der Waals surface area contributed by atoms with Crippen molar-refractivity contribution in [1.82, 2.24) is 10.3 Å². The number of nitrogens with zero attached hydrogens (tertiary/aromatic N) is 1. The maximum absolute atomic E-state index is 12.3. The highest BCUT2D eigenvalue weighted by atomic mass is 16.5. The third kappa shape index (κ3) is 3.29. The molecule has 1 unspecified atom stereocenters. The molecule has 2 rings (SSSR count). The molecule has 1 aliphatic rings. The van der Waals surface area contributed by atoms with Crippen molar-refractivity contribution in [2.24, 2.45) is 5.92 Å². The van der Waals surface area contributed by atoms with Crippen molar-refractivity contribution < 1.29 is 9.53 Å². The lowest BCUT2D eigenvalue weighted by molar-refractivity contribution is 0.0898. The van der Waals surface area contributed by atoms with Crippen LogP contribution >= 0.6 is 0 Å². The van der Waals surface area contributed by atoms with Gasteiger partial charge in [0.1, 0.15) is 5.75 Å². The number of ether oxygens (including phenoxy) is 1. The first kappa shape index (κ1) is 13.0. The number of rotatable bonds is 4. The minimum atomic E-state index is 0.0786. The number of pyridine rings is 1. The number of ketones is 1. The predicted molar refractivity (Wildman–Crippen MR) is 69.9 cm³/mol. The summed E-state index contributed by atoms with van der Waals surface area (Å²) in [7, 11) is 0. The van der Waals surface area contributed by atoms with E-state index in [0.717, 1.165) is 25.9 Å². The van der Waals surface area contributed by atoms with Gasteiger partial charge in [-0.1, -0.05) is 0 Å². The summed E-state index contributed by atoms with van der Waals surface area (Å²) in [6.45, 7) is 5.70. The Morgan fingerprint density at radius 1 is 1.50 bits per heavy atom. The molecule has 1 aromatic rings. The summed E-state index contributed by atoms with van der Waals surface area (Å²) in [6.07, 6.45) is 5.39. The van der Waals surface area contributed by atoms with E-state index in [1.54, 1.807) is 18.5 Å². The van der Waals surface area contributed by atoms with Crippen molar-refractivity contribution in [3.05, 3.63) is 24.0 Å². The molecule has 0 saturated carbocycles. The number of piperidine rings is 1. The summed E-state index contributed by atoms with van der Waals surface area (Å²) in [4.78, 5) is 16.4. The van der Waals surface area contributed by atoms with E-state index in [1.165, 1.54) is 0 Å². The Morgan fingerprint density at radius 2 is 2.33 bits per heavy atom. The molecule has 4 nitrogen and oxygen atoms in total. The molecule has 0 radical (unpaired) electrons. The van der Waals surface area contributed by atoms with Crippen LogP contribution in [-0.2, 0) is 0 Å². The molecule has 0 aromatic carbocycles. The van der Waals surface area contributed by atoms with Gasteiger partial charge in [0.25, 0.3) is 0 Å². The first-order chi connectivity index (χ1) is 8.66. The molecule has 98 valence electrons. The van der Waals surface area contributed by atoms with Gasteiger partial charge in [-0.15, -0.1) is 0 Å². The van der Waals surface area contributed by atoms with E-state index in [2.05, 4.69) is 10.3 Å². The standard InChI is InChI=1S/C14H20N2O2/c1-10(2)18-13-6-12(8-16-9-13)14(17)11-4-3-5-15-7-11/h6,8-11,15H,3-5,7H2,1-2H3. The van der Waals surface area contributed by atoms with Crippen LogP contribution in [0.4, 0.5) is 0 Å². The molecule has 1 aliphatic heterocycles. The van der Waals surface area contributed by atoms with Crippen LogP contribution in [0.25, 0.3) is 0 Å². The van der Waals surface area contributed by atoms with E-state index in [-0.39, 0.29) is 17.8 Å². The minimum Gasteiger partial charge on any atom is -0.489 e. The Balaban J connectivity index is 2.09. The first-order valence-corrected chi connectivity index (χ1v) is 6.53. The highest BCUT2D eigenvalue weighted by Gasteiger charge is 2.22. The molecular weight excluding hydrogens is 228 g/mol. The van der Waals surface area contributed by atoms with Crippen LogP contribution in [0.5, 0.6) is 5.75 Å². The number of nitrogens with one attached hydrogen (secondary N) is 1. The van der Waals surface area contributed by atoms with Gasteiger partial charge in [0.05, 0.1) is 12.3 Å². The molecule has 4 heteroatoms. The second-order valence-electron chi connectivity index (χ2n) is 4.98. The van der Waals surface area contributed by atoms with Crippen LogP contribution in [0.15, 0.2) is 18.5 Å². The maximum Gasteiger partial charge on any atom is 0.168 e. The molecule has 0 aliphatic carbocycles. The van der Waals surface area contributed by atoms with Gasteiger partial charge in [-0.05, 0) is 39.3 Å². The Bertz CT molecular complexity index is 412. The Kier molecular flexibility index (Phi) is 4.31. The number of Topliss-reactive ketones (excluding diaryl/α,β-unsaturated/α-hetero) is 1. The molecule has 0 bridgehead atoms. The smallest absolute Gasteiger partial charge is 0.168 e. The Morgan fingerprint density at radius 3 is 3.00 bits per heavy atom. The molecule has 1 atom stereocenters. The Hall–Kier alpha value is -1.42. The highest BCUT2D eigenvalue weighted by molar-refractivity contribution is 5.98. The molecular formula is C14H20N2O2. The lowest BCUT2D eigenvalue weighted by Crippen LogP contribution is -2.34. The van der Waals surface area contributed by atoms with Gasteiger partial charge >= 0.3 is 0 Å². The average Bonchev–Trinajstić information content (AvgIpc) is 2.38. The van der Waals surface area contributed by atoms with Gasteiger partial charge in [-0.2, -0.15) is 0 Å². The quantitative estimate of drug-likeness (QED) is 0.829. The molecule has 18 heavy (non-hydrogen) atoms. The summed E-state index contributed by atoms with van der Waals surface area (Å²) in [5, 5.41) is 3.26. The summed E-state index contributed by atoms with van der Waals surface area (Å²) >= 11 is 0. The fourth-order valence-corrected chi connectivity index (χ4v) is 2.20. The van der Waals surface area contributed by atoms with Crippen LogP contribution in [0.1, 0.15) is 37.0 Å². The second-order valence-corrected chi connectivity index (χ2v) is 4.98. The van der Waals surface area contributed by atoms with E-state index in [0.29, 0.717) is 11.3 Å². The van der Waals surface area contributed by atoms with Gasteiger partial charge in [0.15, 0.2) is 5.78 Å². The zero-order valence-electron chi connectivity index (χ0n) is 11.0. The van der Waals surface area contributed by atoms with Crippen molar-refractivity contribution >= 4 is 5.78 Å². The van der Waals surface area contributed by atoms with Crippen molar-refractivity contribution in [3.8, 4) is 5.75 Å². The predicted octanol–water partition coefficient (Wildman–Crippen LogP) is 2.05. The topological polar surface area (TPSA) is 51.2 Å². The van der Waals surface area contributed by atoms with E-state index in [1.807, 2.05) is 13.8 Å². The van der Waals surface area contributed by atoms with Crippen LogP contribution in [0.3, 0.4) is 0 Å². The van der Waals surface area contributed by atoms with Crippen LogP contribution < -0.4 is 10.1 Å². The van der Waals surface area contributed by atoms with Crippen molar-refractivity contribution in [3.63, 3.8) is 0 Å². The summed E-state index contributed by atoms with van der Waals surface area (Å²) in [5.41, 5.74) is 0.654. The lowest BCUT2D eigenvalue weighted by Gasteiger charge is -2.21. The molecule has 1 saturated heterocycles. The van der Waals surface area contributed by atoms with Crippen LogP contribution in [-0.4, -0.2) is 30.0 Å². The zero-order chi connectivity index (χ0) is 13.0. The fraction of sp³-hybridized carbons (Fsp3) is 0.571. The van der Waals surface area contributed by atoms with Gasteiger partial charge in [-0.3, -0.25) is 9.78 Å². The largest absolute Gasteiger partial charge is 0.489 e. The SMILES string of the molecule is CC(C)Oc1cncc(C(=O)C2CCCNC2)c1. The van der Waals surface area contributed by atoms with Gasteiger partial charge in [0, 0.05) is 24.2 Å². The molecule has 2 heterocycles. The third-order valence-electron chi connectivity index (χ3n) is 3.04. The van der Waals surface area contributed by atoms with Crippen LogP contribution in [0, 0.1) is 5.92 Å². The lowest BCUT2D eigenvalue weighted by atomic mass is 9.91. The molecule has 0 amide bonds. The van der Waals surface area contributed by atoms with E-state index < -0.39 is 0 Å². The van der Waals surface area contributed by atoms with Gasteiger partial charge in [0.2, 0.25) is 0 Å². The normalized spacial score (nSPS) is 19.8. The number of hydrogen-bond acceptors (Lipinski definition) is 4. The van der Waals surface area contributed by atoms with Crippen molar-refractivity contribution in [1.29, 1.82) is 0 Å². The zero-order valence-corrected chi connectivity index (χ0v) is 11.0. The second kappa shape index (κ2) is 5.96. The average molecular weight is 248 g/mol. The summed E-state index contributed by atoms with van der Waals surface area (Å²) in [5.74, 6) is 0.915. The van der Waals surface area contributed by atoms with E-state index in [9.17, 15) is 4.79 Å². The number of hydrogen-bond donors (Lipinski definition) is 1. The van der Waals surface area contributed by atoms with E-state index in [4.69, 9.17) is 4.74 Å². The third-order valence-corrected chi connectivity index (χ3v) is 3.04. The first-order valence-electron chi connectivity index (χ1n) is 6.53. The fourth-order valence-electron chi connectivity index (χ4n) is 2.20. The van der Waals surface area contributed by atoms with E-state index >= 15 is 0 Å². The number of carbonyl (C=O) groups excluding carboxylic acids is 1. The highest BCUT2D eigenvalue weighted by Crippen LogP contribution is 2.19. The van der Waals surface area contributed by atoms with Crippen LogP contribution in [0.2, 0.25) is 0 Å². The van der Waals surface area contributed by atoms with Gasteiger partial charge < -0.3 is 10.1 Å². The van der Waals surface area contributed by atoms with Gasteiger partial charge in [-0.25, -0.2) is 0 Å². The van der Waals surface area contributed by atoms with Crippen molar-refractivity contribution in [2.45, 2.75) is 32.8 Å². The number of aromatic nitrogens is 1. The molecule has 1 N–H and O–H groups in total. The van der Waals surface area contributed by atoms with Crippen molar-refractivity contribution in [2.75, 3.05) is 13.1 Å². The molecule has 1 aromatic heterocycles. The summed E-state index contributed by atoms with van der Waals surface area (Å²) in [6, 6.07) is 1.80. The minimum absolute atomic E-state index is 0.0786. The Labute approximate surface area is 108 Å². The molecule has 0 spiro atoms. The monoisotopic (exact) mass is 248 g/mol. The summed E-state index contributed by atoms with van der Waals surface area (Å²) < 4.78 is 5.56.